The lowest BCUT2D eigenvalue weighted by atomic mass is 9.85. The lowest BCUT2D eigenvalue weighted by Crippen LogP contribution is -2.47. The molecule has 0 spiro atoms. The normalized spacial score (nSPS) is 18.7. The van der Waals surface area contributed by atoms with Gasteiger partial charge in [0.1, 0.15) is 11.9 Å². The van der Waals surface area contributed by atoms with E-state index in [1.54, 1.807) is 0 Å². The minimum atomic E-state index is -0.729. The second-order valence-electron chi connectivity index (χ2n) is 5.04. The fourth-order valence-corrected chi connectivity index (χ4v) is 2.48. The molecular formula is C14H18N4O. The molecule has 1 saturated carbocycles. The van der Waals surface area contributed by atoms with Crippen molar-refractivity contribution in [1.82, 2.24) is 15.3 Å². The largest absolute Gasteiger partial charge is 0.334 e. The van der Waals surface area contributed by atoms with Crippen molar-refractivity contribution in [1.29, 1.82) is 5.26 Å². The van der Waals surface area contributed by atoms with Crippen LogP contribution >= 0.6 is 0 Å². The fourth-order valence-electron chi connectivity index (χ4n) is 2.48. The predicted octanol–water partition coefficient (Wildman–Crippen LogP) is 2.21. The fraction of sp³-hybridized carbons (Fsp3) is 0.571. The smallest absolute Gasteiger partial charge is 0.255 e. The monoisotopic (exact) mass is 258 g/mol. The van der Waals surface area contributed by atoms with Crippen molar-refractivity contribution in [3.05, 3.63) is 24.3 Å². The number of hydrogen-bond donors (Lipinski definition) is 1. The molecule has 0 aromatic carbocycles. The van der Waals surface area contributed by atoms with Crippen LogP contribution in [-0.4, -0.2) is 21.4 Å². The van der Waals surface area contributed by atoms with Crippen LogP contribution in [0.2, 0.25) is 0 Å². The second kappa shape index (κ2) is 6.28. The third-order valence-electron chi connectivity index (χ3n) is 3.60. The second-order valence-corrected chi connectivity index (χ2v) is 5.04. The number of amides is 1. The molecule has 19 heavy (non-hydrogen) atoms. The van der Waals surface area contributed by atoms with E-state index in [1.807, 2.05) is 0 Å². The molecule has 1 aromatic rings. The first-order valence-electron chi connectivity index (χ1n) is 6.74. The van der Waals surface area contributed by atoms with Gasteiger partial charge in [-0.05, 0) is 12.8 Å². The summed E-state index contributed by atoms with van der Waals surface area (Å²) in [5.41, 5.74) is -0.327. The van der Waals surface area contributed by atoms with Crippen LogP contribution in [0, 0.1) is 11.3 Å². The first kappa shape index (κ1) is 13.5. The molecule has 5 heteroatoms. The van der Waals surface area contributed by atoms with Gasteiger partial charge in [-0.25, -0.2) is 9.97 Å². The molecule has 100 valence electrons. The maximum Gasteiger partial charge on any atom is 0.255 e. The summed E-state index contributed by atoms with van der Waals surface area (Å²) in [7, 11) is 0. The first-order chi connectivity index (χ1) is 9.26. The molecule has 1 aliphatic rings. The molecule has 1 fully saturated rings. The van der Waals surface area contributed by atoms with Crippen molar-refractivity contribution in [2.45, 2.75) is 50.5 Å². The summed E-state index contributed by atoms with van der Waals surface area (Å²) in [5.74, 6) is -0.261. The Labute approximate surface area is 113 Å². The van der Waals surface area contributed by atoms with Crippen LogP contribution in [0.1, 0.15) is 55.3 Å². The Kier molecular flexibility index (Phi) is 4.45. The molecule has 1 aromatic heterocycles. The molecule has 5 nitrogen and oxygen atoms in total. The molecule has 1 aliphatic carbocycles. The Hall–Kier alpha value is -1.96. The zero-order valence-corrected chi connectivity index (χ0v) is 10.9. The van der Waals surface area contributed by atoms with Crippen molar-refractivity contribution in [3.8, 4) is 6.07 Å². The Morgan fingerprint density at radius 3 is 2.32 bits per heavy atom. The van der Waals surface area contributed by atoms with Crippen molar-refractivity contribution >= 4 is 5.91 Å². The first-order valence-corrected chi connectivity index (χ1v) is 6.74. The van der Waals surface area contributed by atoms with Crippen molar-refractivity contribution < 1.29 is 4.79 Å². The van der Waals surface area contributed by atoms with Crippen LogP contribution in [0.25, 0.3) is 0 Å². The van der Waals surface area contributed by atoms with Gasteiger partial charge in [-0.15, -0.1) is 0 Å². The van der Waals surface area contributed by atoms with E-state index in [2.05, 4.69) is 21.4 Å². The van der Waals surface area contributed by atoms with Crippen LogP contribution in [0.5, 0.6) is 0 Å². The van der Waals surface area contributed by atoms with E-state index in [1.165, 1.54) is 25.1 Å². The molecule has 0 saturated heterocycles. The zero-order chi connectivity index (χ0) is 13.6. The topological polar surface area (TPSA) is 78.7 Å². The number of carbonyl (C=O) groups is 1. The molecule has 0 aliphatic heterocycles. The van der Waals surface area contributed by atoms with Gasteiger partial charge in [0.05, 0.1) is 11.6 Å². The van der Waals surface area contributed by atoms with Gasteiger partial charge >= 0.3 is 0 Å². The quantitative estimate of drug-likeness (QED) is 0.882. The summed E-state index contributed by atoms with van der Waals surface area (Å²) in [6.07, 6.45) is 11.2. The van der Waals surface area contributed by atoms with Gasteiger partial charge in [0.15, 0.2) is 0 Å². The zero-order valence-electron chi connectivity index (χ0n) is 10.9. The minimum absolute atomic E-state index is 0.261. The number of nitrogens with zero attached hydrogens (tertiary/aromatic N) is 3. The van der Waals surface area contributed by atoms with E-state index in [-0.39, 0.29) is 5.91 Å². The predicted molar refractivity (Wildman–Crippen MR) is 70.2 cm³/mol. The Balaban J connectivity index is 2.09. The van der Waals surface area contributed by atoms with E-state index >= 15 is 0 Å². The van der Waals surface area contributed by atoms with Gasteiger partial charge in [-0.1, -0.05) is 32.1 Å². The van der Waals surface area contributed by atoms with Crippen molar-refractivity contribution in [2.24, 2.45) is 0 Å². The molecule has 2 rings (SSSR count). The molecule has 1 heterocycles. The lowest BCUT2D eigenvalue weighted by Gasteiger charge is -2.29. The maximum absolute atomic E-state index is 12.1. The summed E-state index contributed by atoms with van der Waals surface area (Å²) >= 11 is 0. The maximum atomic E-state index is 12.1. The Morgan fingerprint density at radius 2 is 1.74 bits per heavy atom. The van der Waals surface area contributed by atoms with Gasteiger partial charge < -0.3 is 5.32 Å². The van der Waals surface area contributed by atoms with E-state index in [4.69, 9.17) is 0 Å². The molecule has 0 bridgehead atoms. The van der Waals surface area contributed by atoms with Gasteiger partial charge in [0, 0.05) is 12.4 Å². The number of hydrogen-bond acceptors (Lipinski definition) is 4. The molecular weight excluding hydrogens is 240 g/mol. The SMILES string of the molecule is N#CC1(NC(=O)c2cncnc2)CCCCCCC1. The number of nitrogens with one attached hydrogen (secondary N) is 1. The number of aromatic nitrogens is 2. The highest BCUT2D eigenvalue weighted by Crippen LogP contribution is 2.26. The van der Waals surface area contributed by atoms with Crippen molar-refractivity contribution in [2.75, 3.05) is 0 Å². The summed E-state index contributed by atoms with van der Waals surface area (Å²) in [6, 6.07) is 2.31. The summed E-state index contributed by atoms with van der Waals surface area (Å²) in [5, 5.41) is 12.3. The highest BCUT2D eigenvalue weighted by atomic mass is 16.1. The van der Waals surface area contributed by atoms with E-state index in [9.17, 15) is 10.1 Å². The van der Waals surface area contributed by atoms with Crippen LogP contribution in [0.4, 0.5) is 0 Å². The Bertz CT molecular complexity index is 458. The number of nitriles is 1. The Morgan fingerprint density at radius 1 is 1.16 bits per heavy atom. The average Bonchev–Trinajstić information content (AvgIpc) is 2.43. The van der Waals surface area contributed by atoms with Crippen LogP contribution in [-0.2, 0) is 0 Å². The van der Waals surface area contributed by atoms with Gasteiger partial charge in [-0.3, -0.25) is 4.79 Å². The van der Waals surface area contributed by atoms with Gasteiger partial charge in [-0.2, -0.15) is 5.26 Å². The van der Waals surface area contributed by atoms with Crippen molar-refractivity contribution in [3.63, 3.8) is 0 Å². The highest BCUT2D eigenvalue weighted by Gasteiger charge is 2.32. The standard InChI is InChI=1S/C14H18N4O/c15-10-14(6-4-2-1-3-5-7-14)18-13(19)12-8-16-11-17-9-12/h8-9,11H,1-7H2,(H,18,19). The summed E-state index contributed by atoms with van der Waals surface area (Å²) < 4.78 is 0. The van der Waals surface area contributed by atoms with Gasteiger partial charge in [0.2, 0.25) is 0 Å². The average molecular weight is 258 g/mol. The summed E-state index contributed by atoms with van der Waals surface area (Å²) in [6.45, 7) is 0. The van der Waals surface area contributed by atoms with Crippen LogP contribution in [0.15, 0.2) is 18.7 Å². The highest BCUT2D eigenvalue weighted by molar-refractivity contribution is 5.94. The molecule has 1 amide bonds. The molecule has 0 unspecified atom stereocenters. The third kappa shape index (κ3) is 3.50. The lowest BCUT2D eigenvalue weighted by molar-refractivity contribution is 0.0907. The third-order valence-corrected chi connectivity index (χ3v) is 3.60. The van der Waals surface area contributed by atoms with Crippen LogP contribution < -0.4 is 5.32 Å². The van der Waals surface area contributed by atoms with E-state index in [0.717, 1.165) is 38.5 Å². The number of rotatable bonds is 2. The van der Waals surface area contributed by atoms with E-state index in [0.29, 0.717) is 5.56 Å². The van der Waals surface area contributed by atoms with E-state index < -0.39 is 5.54 Å². The molecule has 1 N–H and O–H groups in total. The summed E-state index contributed by atoms with van der Waals surface area (Å²) in [4.78, 5) is 19.8. The van der Waals surface area contributed by atoms with Crippen LogP contribution in [0.3, 0.4) is 0 Å². The van der Waals surface area contributed by atoms with Gasteiger partial charge in [0.25, 0.3) is 5.91 Å². The minimum Gasteiger partial charge on any atom is -0.334 e. The molecule has 0 atom stereocenters. The molecule has 0 radical (unpaired) electrons. The number of carbonyl (C=O) groups excluding carboxylic acids is 1.